The summed E-state index contributed by atoms with van der Waals surface area (Å²) in [5.41, 5.74) is 0.583. The maximum Gasteiger partial charge on any atom is 0.260 e. The predicted molar refractivity (Wildman–Crippen MR) is 90.4 cm³/mol. The normalized spacial score (nSPS) is 14.3. The van der Waals surface area contributed by atoms with Crippen molar-refractivity contribution in [2.75, 3.05) is 37.7 Å². The van der Waals surface area contributed by atoms with Gasteiger partial charge < -0.3 is 14.5 Å². The topological polar surface area (TPSA) is 62.7 Å². The first-order valence-electron chi connectivity index (χ1n) is 7.88. The first-order valence-corrected chi connectivity index (χ1v) is 7.88. The van der Waals surface area contributed by atoms with Crippen LogP contribution in [-0.2, 0) is 4.79 Å². The Morgan fingerprint density at radius 2 is 1.83 bits per heavy atom. The summed E-state index contributed by atoms with van der Waals surface area (Å²) < 4.78 is 5.50. The number of aromatic nitrogens is 1. The molecule has 0 bridgehead atoms. The summed E-state index contributed by atoms with van der Waals surface area (Å²) in [5, 5.41) is 0. The monoisotopic (exact) mass is 325 g/mol. The van der Waals surface area contributed by atoms with E-state index in [1.165, 1.54) is 0 Å². The lowest BCUT2D eigenvalue weighted by molar-refractivity contribution is -0.133. The lowest BCUT2D eigenvalue weighted by atomic mass is 10.2. The van der Waals surface area contributed by atoms with Gasteiger partial charge in [0, 0.05) is 37.9 Å². The van der Waals surface area contributed by atoms with Crippen LogP contribution in [0.3, 0.4) is 0 Å². The SMILES string of the molecule is O=Cc1ccc(OCC(=O)N2CCN(c3ccccn3)CC2)cc1. The summed E-state index contributed by atoms with van der Waals surface area (Å²) in [7, 11) is 0. The Kier molecular flexibility index (Phi) is 5.05. The van der Waals surface area contributed by atoms with Gasteiger partial charge in [0.1, 0.15) is 17.9 Å². The molecule has 0 unspecified atom stereocenters. The molecule has 0 atom stereocenters. The van der Waals surface area contributed by atoms with E-state index < -0.39 is 0 Å². The highest BCUT2D eigenvalue weighted by atomic mass is 16.5. The highest BCUT2D eigenvalue weighted by molar-refractivity contribution is 5.78. The molecule has 1 aromatic carbocycles. The number of rotatable bonds is 5. The van der Waals surface area contributed by atoms with E-state index in [9.17, 15) is 9.59 Å². The molecule has 6 nitrogen and oxygen atoms in total. The van der Waals surface area contributed by atoms with E-state index in [0.717, 1.165) is 25.2 Å². The van der Waals surface area contributed by atoms with Crippen molar-refractivity contribution < 1.29 is 14.3 Å². The van der Waals surface area contributed by atoms with Gasteiger partial charge in [-0.3, -0.25) is 9.59 Å². The van der Waals surface area contributed by atoms with Crippen LogP contribution in [-0.4, -0.2) is 54.9 Å². The second-order valence-electron chi connectivity index (χ2n) is 5.53. The minimum absolute atomic E-state index is 0.00399. The summed E-state index contributed by atoms with van der Waals surface area (Å²) in [6.45, 7) is 2.84. The maximum atomic E-state index is 12.2. The van der Waals surface area contributed by atoms with E-state index in [4.69, 9.17) is 4.74 Å². The van der Waals surface area contributed by atoms with Crippen LogP contribution in [0.2, 0.25) is 0 Å². The number of ether oxygens (including phenoxy) is 1. The molecule has 0 saturated carbocycles. The van der Waals surface area contributed by atoms with Crippen LogP contribution in [0.25, 0.3) is 0 Å². The summed E-state index contributed by atoms with van der Waals surface area (Å²) >= 11 is 0. The van der Waals surface area contributed by atoms with Crippen LogP contribution < -0.4 is 9.64 Å². The average molecular weight is 325 g/mol. The van der Waals surface area contributed by atoms with Gasteiger partial charge in [0.05, 0.1) is 0 Å². The fraction of sp³-hybridized carbons (Fsp3) is 0.278. The second-order valence-corrected chi connectivity index (χ2v) is 5.53. The Balaban J connectivity index is 1.47. The third-order valence-electron chi connectivity index (χ3n) is 3.98. The van der Waals surface area contributed by atoms with Crippen molar-refractivity contribution in [2.24, 2.45) is 0 Å². The number of carbonyl (C=O) groups is 2. The lowest BCUT2D eigenvalue weighted by Gasteiger charge is -2.35. The van der Waals surface area contributed by atoms with Crippen LogP contribution >= 0.6 is 0 Å². The Morgan fingerprint density at radius 3 is 2.46 bits per heavy atom. The van der Waals surface area contributed by atoms with Crippen molar-refractivity contribution in [1.82, 2.24) is 9.88 Å². The number of hydrogen-bond acceptors (Lipinski definition) is 5. The van der Waals surface area contributed by atoms with Crippen LogP contribution in [0.1, 0.15) is 10.4 Å². The zero-order chi connectivity index (χ0) is 16.8. The highest BCUT2D eigenvalue weighted by Crippen LogP contribution is 2.14. The van der Waals surface area contributed by atoms with Crippen molar-refractivity contribution in [3.63, 3.8) is 0 Å². The molecule has 0 radical (unpaired) electrons. The van der Waals surface area contributed by atoms with Crippen molar-refractivity contribution >= 4 is 18.0 Å². The van der Waals surface area contributed by atoms with E-state index in [1.807, 2.05) is 18.2 Å². The van der Waals surface area contributed by atoms with E-state index >= 15 is 0 Å². The summed E-state index contributed by atoms with van der Waals surface area (Å²) in [6, 6.07) is 12.5. The maximum absolute atomic E-state index is 12.2. The van der Waals surface area contributed by atoms with E-state index in [2.05, 4.69) is 9.88 Å². The second kappa shape index (κ2) is 7.59. The van der Waals surface area contributed by atoms with Crippen LogP contribution in [0, 0.1) is 0 Å². The molecule has 1 amide bonds. The molecule has 1 aromatic heterocycles. The van der Waals surface area contributed by atoms with E-state index in [1.54, 1.807) is 35.4 Å². The van der Waals surface area contributed by atoms with E-state index in [-0.39, 0.29) is 12.5 Å². The molecular weight excluding hydrogens is 306 g/mol. The molecule has 24 heavy (non-hydrogen) atoms. The molecule has 6 heteroatoms. The van der Waals surface area contributed by atoms with Crippen molar-refractivity contribution in [3.05, 3.63) is 54.2 Å². The Hall–Kier alpha value is -2.89. The van der Waals surface area contributed by atoms with Gasteiger partial charge in [0.25, 0.3) is 5.91 Å². The van der Waals surface area contributed by atoms with Gasteiger partial charge in [-0.05, 0) is 36.4 Å². The van der Waals surface area contributed by atoms with Crippen LogP contribution in [0.15, 0.2) is 48.7 Å². The minimum Gasteiger partial charge on any atom is -0.484 e. The van der Waals surface area contributed by atoms with E-state index in [0.29, 0.717) is 24.4 Å². The van der Waals surface area contributed by atoms with Crippen molar-refractivity contribution in [2.45, 2.75) is 0 Å². The number of carbonyl (C=O) groups excluding carboxylic acids is 2. The van der Waals surface area contributed by atoms with Gasteiger partial charge in [-0.2, -0.15) is 0 Å². The number of aldehydes is 1. The van der Waals surface area contributed by atoms with Gasteiger partial charge >= 0.3 is 0 Å². The number of pyridine rings is 1. The van der Waals surface area contributed by atoms with Crippen LogP contribution in [0.5, 0.6) is 5.75 Å². The van der Waals surface area contributed by atoms with Crippen molar-refractivity contribution in [1.29, 1.82) is 0 Å². The highest BCUT2D eigenvalue weighted by Gasteiger charge is 2.21. The standard InChI is InChI=1S/C18H19N3O3/c22-13-15-4-6-16(7-5-15)24-14-18(23)21-11-9-20(10-12-21)17-3-1-2-8-19-17/h1-8,13H,9-12,14H2. The molecular formula is C18H19N3O3. The molecule has 0 spiro atoms. The number of hydrogen-bond donors (Lipinski definition) is 0. The third kappa shape index (κ3) is 3.90. The Labute approximate surface area is 140 Å². The zero-order valence-corrected chi connectivity index (χ0v) is 13.3. The van der Waals surface area contributed by atoms with Gasteiger partial charge in [-0.25, -0.2) is 4.98 Å². The summed E-state index contributed by atoms with van der Waals surface area (Å²) in [4.78, 5) is 31.2. The summed E-state index contributed by atoms with van der Waals surface area (Å²) in [6.07, 6.45) is 2.55. The number of benzene rings is 1. The minimum atomic E-state index is -0.0323. The number of piperazine rings is 1. The number of nitrogens with zero attached hydrogens (tertiary/aromatic N) is 3. The zero-order valence-electron chi connectivity index (χ0n) is 13.3. The van der Waals surface area contributed by atoms with Crippen molar-refractivity contribution in [3.8, 4) is 5.75 Å². The van der Waals surface area contributed by atoms with Gasteiger partial charge in [0.15, 0.2) is 6.61 Å². The largest absolute Gasteiger partial charge is 0.484 e. The quantitative estimate of drug-likeness (QED) is 0.782. The molecule has 2 heterocycles. The molecule has 1 aliphatic rings. The molecule has 1 saturated heterocycles. The third-order valence-corrected chi connectivity index (χ3v) is 3.98. The lowest BCUT2D eigenvalue weighted by Crippen LogP contribution is -2.50. The first-order chi connectivity index (χ1) is 11.8. The van der Waals surface area contributed by atoms with Gasteiger partial charge in [-0.1, -0.05) is 6.07 Å². The number of anilines is 1. The fourth-order valence-electron chi connectivity index (χ4n) is 2.60. The molecule has 0 N–H and O–H groups in total. The molecule has 1 aliphatic heterocycles. The van der Waals surface area contributed by atoms with Gasteiger partial charge in [-0.15, -0.1) is 0 Å². The molecule has 124 valence electrons. The molecule has 3 rings (SSSR count). The summed E-state index contributed by atoms with van der Waals surface area (Å²) in [5.74, 6) is 1.49. The smallest absolute Gasteiger partial charge is 0.260 e. The molecule has 1 fully saturated rings. The molecule has 0 aliphatic carbocycles. The Bertz CT molecular complexity index is 680. The first kappa shape index (κ1) is 16.0. The number of amides is 1. The van der Waals surface area contributed by atoms with Gasteiger partial charge in [0.2, 0.25) is 0 Å². The average Bonchev–Trinajstić information content (AvgIpc) is 2.67. The Morgan fingerprint density at radius 1 is 1.08 bits per heavy atom. The predicted octanol–water partition coefficient (Wildman–Crippen LogP) is 1.62. The fourth-order valence-corrected chi connectivity index (χ4v) is 2.60. The molecule has 2 aromatic rings. The van der Waals surface area contributed by atoms with Crippen LogP contribution in [0.4, 0.5) is 5.82 Å².